The maximum absolute atomic E-state index is 12.6. The molecule has 1 aliphatic rings. The Balaban J connectivity index is 1.97. The van der Waals surface area contributed by atoms with Crippen molar-refractivity contribution >= 4 is 36.0 Å². The van der Waals surface area contributed by atoms with Gasteiger partial charge in [-0.1, -0.05) is 13.0 Å². The van der Waals surface area contributed by atoms with Gasteiger partial charge in [-0.2, -0.15) is 0 Å². The molecule has 9 N–H and O–H groups in total. The molecule has 0 bridgehead atoms. The second-order valence-corrected chi connectivity index (χ2v) is 9.80. The molecule has 1 aromatic carbocycles. The molecule has 0 saturated carbocycles. The zero-order valence-electron chi connectivity index (χ0n) is 24.6. The molecule has 0 aliphatic carbocycles. The predicted molar refractivity (Wildman–Crippen MR) is 156 cm³/mol. The average Bonchev–Trinajstić information content (AvgIpc) is 3.44. The largest absolute Gasteiger partial charge is 0.478 e. The van der Waals surface area contributed by atoms with E-state index < -0.39 is 66.7 Å². The molecular weight excluding hydrogens is 582 g/mol. The van der Waals surface area contributed by atoms with E-state index in [9.17, 15) is 34.5 Å². The molecule has 0 radical (unpaired) electrons. The molecule has 242 valence electrons. The summed E-state index contributed by atoms with van der Waals surface area (Å²) in [6, 6.07) is 2.98. The Labute approximate surface area is 253 Å². The minimum atomic E-state index is -1.59. The van der Waals surface area contributed by atoms with Crippen LogP contribution < -0.4 is 31.6 Å². The Morgan fingerprint density at radius 2 is 1.86 bits per heavy atom. The van der Waals surface area contributed by atoms with Gasteiger partial charge < -0.3 is 56.4 Å². The fourth-order valence-corrected chi connectivity index (χ4v) is 4.16. The van der Waals surface area contributed by atoms with Gasteiger partial charge in [0.1, 0.15) is 12.2 Å². The quantitative estimate of drug-likeness (QED) is 0.0409. The first-order chi connectivity index (χ1) is 20.8. The summed E-state index contributed by atoms with van der Waals surface area (Å²) >= 11 is 0. The number of carbonyl (C=O) groups excluding carboxylic acids is 3. The first-order valence-electron chi connectivity index (χ1n) is 13.6. The lowest BCUT2D eigenvalue weighted by molar-refractivity contribution is -0.137. The van der Waals surface area contributed by atoms with E-state index in [0.717, 1.165) is 0 Å². The smallest absolute Gasteiger partial charge is 0.407 e. The van der Waals surface area contributed by atoms with E-state index in [1.165, 1.54) is 32.9 Å². The first kappa shape index (κ1) is 35.4. The molecular formula is C28H39N5O11. The topological polar surface area (TPSA) is 254 Å². The van der Waals surface area contributed by atoms with Crippen LogP contribution in [0.2, 0.25) is 0 Å². The number of aliphatic hydroxyl groups excluding tert-OH is 2. The van der Waals surface area contributed by atoms with Gasteiger partial charge in [-0.05, 0) is 43.2 Å². The summed E-state index contributed by atoms with van der Waals surface area (Å²) in [5.41, 5.74) is 11.6. The van der Waals surface area contributed by atoms with E-state index >= 15 is 0 Å². The van der Waals surface area contributed by atoms with Crippen LogP contribution in [-0.2, 0) is 23.9 Å². The highest BCUT2D eigenvalue weighted by atomic mass is 16.7. The third-order valence-electron chi connectivity index (χ3n) is 6.33. The molecule has 0 unspecified atom stereocenters. The molecule has 0 saturated heterocycles. The van der Waals surface area contributed by atoms with Gasteiger partial charge in [0.05, 0.1) is 25.3 Å². The summed E-state index contributed by atoms with van der Waals surface area (Å²) in [5.74, 6) is -2.56. The van der Waals surface area contributed by atoms with Crippen molar-refractivity contribution in [3.8, 4) is 11.5 Å². The van der Waals surface area contributed by atoms with Gasteiger partial charge >= 0.3 is 18.0 Å². The van der Waals surface area contributed by atoms with Crippen molar-refractivity contribution in [1.29, 1.82) is 0 Å². The van der Waals surface area contributed by atoms with Gasteiger partial charge in [-0.3, -0.25) is 4.79 Å². The molecule has 5 atom stereocenters. The minimum absolute atomic E-state index is 0.0241. The third-order valence-corrected chi connectivity index (χ3v) is 6.33. The molecule has 0 fully saturated rings. The van der Waals surface area contributed by atoms with E-state index in [4.69, 9.17) is 30.4 Å². The van der Waals surface area contributed by atoms with Crippen molar-refractivity contribution in [1.82, 2.24) is 10.6 Å². The second kappa shape index (κ2) is 17.3. The standard InChI is InChI=1S/C28H39N5O11/c1-15(26(38)39)11-19(33-27(29)30)24(32-17(3)35)16(2)25(20(36)13-34)44-28(40)31-9-4-10-41-23(37)8-6-18-5-7-21-22(12-18)43-14-42-21/h5-8,11-12,16,19-20,24-25,34,36H,4,9-10,13-14H2,1-3H3,(H,31,40)(H,32,35)(H,38,39)(H4,29,30,33)/b8-6+,15-11+/t16-,19+,20-,24+,25+/m1/s1. The van der Waals surface area contributed by atoms with Gasteiger partial charge in [0.25, 0.3) is 0 Å². The molecule has 0 spiro atoms. The number of benzene rings is 1. The number of ether oxygens (including phenoxy) is 4. The van der Waals surface area contributed by atoms with Crippen LogP contribution in [0.4, 0.5) is 4.79 Å². The Kier molecular flexibility index (Phi) is 13.9. The number of carbonyl (C=O) groups is 4. The predicted octanol–water partition coefficient (Wildman–Crippen LogP) is -0.376. The number of hydrogen-bond acceptors (Lipinski definition) is 11. The Hall–Kier alpha value is -4.83. The fourth-order valence-electron chi connectivity index (χ4n) is 4.16. The van der Waals surface area contributed by atoms with E-state index in [-0.39, 0.29) is 31.9 Å². The summed E-state index contributed by atoms with van der Waals surface area (Å²) in [6.45, 7) is 3.32. The van der Waals surface area contributed by atoms with E-state index in [2.05, 4.69) is 15.6 Å². The number of carboxylic acids is 1. The monoisotopic (exact) mass is 621 g/mol. The number of alkyl carbamates (subject to hydrolysis) is 1. The number of amides is 2. The lowest BCUT2D eigenvalue weighted by Crippen LogP contribution is -2.54. The molecule has 2 amide bonds. The van der Waals surface area contributed by atoms with Gasteiger partial charge in [-0.25, -0.2) is 19.4 Å². The Morgan fingerprint density at radius 3 is 2.50 bits per heavy atom. The van der Waals surface area contributed by atoms with E-state index in [1.54, 1.807) is 24.3 Å². The Morgan fingerprint density at radius 1 is 1.16 bits per heavy atom. The number of rotatable bonds is 16. The zero-order chi connectivity index (χ0) is 32.8. The van der Waals surface area contributed by atoms with Crippen molar-refractivity contribution in [3.05, 3.63) is 41.5 Å². The molecule has 1 aromatic rings. The summed E-state index contributed by atoms with van der Waals surface area (Å²) < 4.78 is 21.0. The molecule has 1 aliphatic heterocycles. The van der Waals surface area contributed by atoms with Crippen LogP contribution in [-0.4, -0.2) is 96.1 Å². The van der Waals surface area contributed by atoms with Gasteiger partial charge in [-0.15, -0.1) is 0 Å². The van der Waals surface area contributed by atoms with Crippen molar-refractivity contribution in [2.75, 3.05) is 26.6 Å². The van der Waals surface area contributed by atoms with Crippen LogP contribution in [0, 0.1) is 5.92 Å². The highest BCUT2D eigenvalue weighted by Crippen LogP contribution is 2.32. The van der Waals surface area contributed by atoms with Crippen LogP contribution in [0.1, 0.15) is 32.8 Å². The molecule has 44 heavy (non-hydrogen) atoms. The van der Waals surface area contributed by atoms with Crippen molar-refractivity contribution < 1.29 is 53.4 Å². The number of fused-ring (bicyclic) bond motifs is 1. The lowest BCUT2D eigenvalue weighted by atomic mass is 9.86. The summed E-state index contributed by atoms with van der Waals surface area (Å²) in [6.07, 6.45) is 0.268. The minimum Gasteiger partial charge on any atom is -0.478 e. The summed E-state index contributed by atoms with van der Waals surface area (Å²) in [5, 5.41) is 34.5. The maximum Gasteiger partial charge on any atom is 0.407 e. The van der Waals surface area contributed by atoms with Crippen LogP contribution in [0.25, 0.3) is 6.08 Å². The number of aliphatic imine (C=N–C) groups is 1. The number of esters is 1. The van der Waals surface area contributed by atoms with Crippen molar-refractivity contribution in [3.63, 3.8) is 0 Å². The first-order valence-corrected chi connectivity index (χ1v) is 13.6. The van der Waals surface area contributed by atoms with Crippen molar-refractivity contribution in [2.45, 2.75) is 51.5 Å². The number of nitrogens with zero attached hydrogens (tertiary/aromatic N) is 1. The molecule has 0 aromatic heterocycles. The van der Waals surface area contributed by atoms with Crippen LogP contribution >= 0.6 is 0 Å². The number of nitrogens with one attached hydrogen (secondary N) is 2. The molecule has 16 heteroatoms. The normalized spacial score (nSPS) is 15.8. The SMILES string of the molecule is CC(=O)N[C@@H]([C@@H](C)[C@H](OC(=O)NCCCOC(=O)/C=C/c1ccc2c(c1)OCO2)[C@H](O)CO)[C@H](/C=C(\C)C(=O)O)N=C(N)N. The molecule has 16 nitrogen and oxygen atoms in total. The number of hydrogen-bond donors (Lipinski definition) is 7. The molecule has 1 heterocycles. The number of nitrogens with two attached hydrogens (primary N) is 2. The number of aliphatic hydroxyl groups is 2. The maximum atomic E-state index is 12.6. The van der Waals surface area contributed by atoms with E-state index in [0.29, 0.717) is 17.1 Å². The highest BCUT2D eigenvalue weighted by Gasteiger charge is 2.38. The number of carboxylic acid groups (broad SMARTS) is 1. The lowest BCUT2D eigenvalue weighted by Gasteiger charge is -2.35. The van der Waals surface area contributed by atoms with Gasteiger partial charge in [0, 0.05) is 31.0 Å². The van der Waals surface area contributed by atoms with E-state index in [1.807, 2.05) is 0 Å². The number of aliphatic carboxylic acids is 1. The summed E-state index contributed by atoms with van der Waals surface area (Å²) in [7, 11) is 0. The average molecular weight is 622 g/mol. The molecule has 2 rings (SSSR count). The third kappa shape index (κ3) is 11.4. The van der Waals surface area contributed by atoms with Gasteiger partial charge in [0.2, 0.25) is 12.7 Å². The van der Waals surface area contributed by atoms with Gasteiger partial charge in [0.15, 0.2) is 17.5 Å². The van der Waals surface area contributed by atoms with Crippen LogP contribution in [0.3, 0.4) is 0 Å². The fraction of sp³-hybridized carbons (Fsp3) is 0.464. The highest BCUT2D eigenvalue weighted by molar-refractivity contribution is 5.87. The van der Waals surface area contributed by atoms with Crippen LogP contribution in [0.15, 0.2) is 40.9 Å². The van der Waals surface area contributed by atoms with Crippen molar-refractivity contribution in [2.24, 2.45) is 22.4 Å². The second-order valence-electron chi connectivity index (χ2n) is 9.80. The number of guanidine groups is 1. The Bertz CT molecular complexity index is 1260. The van der Waals surface area contributed by atoms with Crippen LogP contribution in [0.5, 0.6) is 11.5 Å². The summed E-state index contributed by atoms with van der Waals surface area (Å²) in [4.78, 5) is 52.0. The zero-order valence-corrected chi connectivity index (χ0v) is 24.6.